The summed E-state index contributed by atoms with van der Waals surface area (Å²) in [5.74, 6) is -3.48. The molecule has 11 heteroatoms. The molecule has 0 aliphatic carbocycles. The molecule has 0 atom stereocenters. The highest BCUT2D eigenvalue weighted by Gasteiger charge is 2.50. The Labute approximate surface area is 170 Å². The first-order chi connectivity index (χ1) is 13.6. The van der Waals surface area contributed by atoms with Crippen molar-refractivity contribution in [1.82, 2.24) is 9.78 Å². The van der Waals surface area contributed by atoms with Gasteiger partial charge in [0.25, 0.3) is 0 Å². The van der Waals surface area contributed by atoms with Crippen LogP contribution in [0.3, 0.4) is 0 Å². The molecule has 1 aliphatic rings. The number of fused-ring (bicyclic) bond motifs is 1. The molecule has 3 rings (SSSR count). The molecule has 30 heavy (non-hydrogen) atoms. The van der Waals surface area contributed by atoms with Gasteiger partial charge in [0.1, 0.15) is 5.56 Å². The Balaban J connectivity index is 2.44. The fourth-order valence-corrected chi connectivity index (χ4v) is 6.04. The van der Waals surface area contributed by atoms with Crippen LogP contribution in [0.2, 0.25) is 0 Å². The summed E-state index contributed by atoms with van der Waals surface area (Å²) in [5, 5.41) is 13.9. The SMILES string of the molecule is CCn1ncc(C(=O)c2cc(C)c3c(c2C(F)(F)F)C(=O)C(C)(C)CS3(=O)=O)c1O. The van der Waals surface area contributed by atoms with E-state index in [4.69, 9.17) is 0 Å². The summed E-state index contributed by atoms with van der Waals surface area (Å²) >= 11 is 0. The van der Waals surface area contributed by atoms with Crippen LogP contribution in [0.15, 0.2) is 17.2 Å². The monoisotopic (exact) mass is 444 g/mol. The lowest BCUT2D eigenvalue weighted by atomic mass is 9.81. The van der Waals surface area contributed by atoms with Gasteiger partial charge in [0.2, 0.25) is 11.7 Å². The highest BCUT2D eigenvalue weighted by atomic mass is 32.2. The van der Waals surface area contributed by atoms with Crippen molar-refractivity contribution in [2.24, 2.45) is 5.41 Å². The molecule has 0 fully saturated rings. The van der Waals surface area contributed by atoms with Gasteiger partial charge in [-0.2, -0.15) is 18.3 Å². The van der Waals surface area contributed by atoms with E-state index in [0.29, 0.717) is 0 Å². The van der Waals surface area contributed by atoms with Gasteiger partial charge in [-0.05, 0) is 25.5 Å². The number of alkyl halides is 3. The van der Waals surface area contributed by atoms with Gasteiger partial charge in [0.15, 0.2) is 15.6 Å². The van der Waals surface area contributed by atoms with Crippen LogP contribution < -0.4 is 0 Å². The third-order valence-electron chi connectivity index (χ3n) is 5.05. The number of hydrogen-bond donors (Lipinski definition) is 1. The van der Waals surface area contributed by atoms with Crippen LogP contribution in [-0.4, -0.2) is 40.6 Å². The quantitative estimate of drug-likeness (QED) is 0.729. The summed E-state index contributed by atoms with van der Waals surface area (Å²) in [6.45, 7) is 5.50. The van der Waals surface area contributed by atoms with Crippen molar-refractivity contribution in [3.05, 3.63) is 40.1 Å². The molecule has 0 amide bonds. The predicted octanol–water partition coefficient (Wildman–Crippen LogP) is 3.16. The van der Waals surface area contributed by atoms with Crippen LogP contribution >= 0.6 is 0 Å². The number of Topliss-reactive ketones (excluding diaryl/α,β-unsaturated/α-hetero) is 1. The average Bonchev–Trinajstić information content (AvgIpc) is 2.96. The Hall–Kier alpha value is -2.69. The molecule has 0 radical (unpaired) electrons. The number of rotatable bonds is 3. The van der Waals surface area contributed by atoms with E-state index in [1.165, 1.54) is 20.8 Å². The lowest BCUT2D eigenvalue weighted by molar-refractivity contribution is -0.138. The zero-order valence-corrected chi connectivity index (χ0v) is 17.4. The number of ketones is 2. The number of hydrogen-bond acceptors (Lipinski definition) is 6. The van der Waals surface area contributed by atoms with Gasteiger partial charge in [-0.25, -0.2) is 13.1 Å². The zero-order valence-electron chi connectivity index (χ0n) is 16.6. The number of aromatic nitrogens is 2. The maximum Gasteiger partial charge on any atom is 0.417 e. The Morgan fingerprint density at radius 3 is 2.40 bits per heavy atom. The number of carbonyl (C=O) groups is 2. The van der Waals surface area contributed by atoms with Gasteiger partial charge >= 0.3 is 6.18 Å². The van der Waals surface area contributed by atoms with E-state index in [1.54, 1.807) is 6.92 Å². The smallest absolute Gasteiger partial charge is 0.417 e. The molecule has 2 aromatic rings. The summed E-state index contributed by atoms with van der Waals surface area (Å²) in [7, 11) is -4.21. The van der Waals surface area contributed by atoms with Crippen molar-refractivity contribution in [2.75, 3.05) is 5.75 Å². The van der Waals surface area contributed by atoms with Gasteiger partial charge in [-0.1, -0.05) is 13.8 Å². The van der Waals surface area contributed by atoms with Crippen LogP contribution in [-0.2, 0) is 22.6 Å². The normalized spacial score (nSPS) is 17.6. The lowest BCUT2D eigenvalue weighted by Crippen LogP contribution is -2.41. The van der Waals surface area contributed by atoms with Crippen molar-refractivity contribution >= 4 is 21.4 Å². The van der Waals surface area contributed by atoms with E-state index >= 15 is 0 Å². The van der Waals surface area contributed by atoms with Crippen molar-refractivity contribution in [3.63, 3.8) is 0 Å². The van der Waals surface area contributed by atoms with Gasteiger partial charge < -0.3 is 5.11 Å². The molecule has 2 heterocycles. The molecule has 1 aromatic heterocycles. The molecule has 0 saturated heterocycles. The van der Waals surface area contributed by atoms with Crippen molar-refractivity contribution in [2.45, 2.75) is 45.3 Å². The molecule has 1 N–H and O–H groups in total. The number of halogens is 3. The Bertz CT molecular complexity index is 1190. The molecular formula is C19H19F3N2O5S. The summed E-state index contributed by atoms with van der Waals surface area (Å²) in [4.78, 5) is 25.2. The number of nitrogens with zero attached hydrogens (tertiary/aromatic N) is 2. The van der Waals surface area contributed by atoms with E-state index in [2.05, 4.69) is 5.10 Å². The van der Waals surface area contributed by atoms with E-state index < -0.39 is 71.8 Å². The number of carbonyl (C=O) groups excluding carboxylic acids is 2. The summed E-state index contributed by atoms with van der Waals surface area (Å²) in [5.41, 5.74) is -5.77. The van der Waals surface area contributed by atoms with Crippen LogP contribution in [0.25, 0.3) is 0 Å². The fraction of sp³-hybridized carbons (Fsp3) is 0.421. The highest BCUT2D eigenvalue weighted by Crippen LogP contribution is 2.46. The maximum absolute atomic E-state index is 14.1. The first-order valence-electron chi connectivity index (χ1n) is 8.95. The Kier molecular flexibility index (Phi) is 4.88. The standard InChI is InChI=1S/C19H19F3N2O5S/c1-5-24-17(27)11(7-23-24)14(25)10-6-9(2)15-12(13(10)19(20,21)22)16(26)18(3,4)8-30(15,28)29/h6-7,27H,5,8H2,1-4H3. The van der Waals surface area contributed by atoms with E-state index in [0.717, 1.165) is 16.9 Å². The van der Waals surface area contributed by atoms with Crippen molar-refractivity contribution < 1.29 is 36.3 Å². The minimum absolute atomic E-state index is 0.146. The van der Waals surface area contributed by atoms with Crippen LogP contribution in [0, 0.1) is 12.3 Å². The number of benzene rings is 1. The van der Waals surface area contributed by atoms with E-state index in [9.17, 15) is 36.3 Å². The fourth-order valence-electron chi connectivity index (χ4n) is 3.76. The lowest BCUT2D eigenvalue weighted by Gasteiger charge is -2.32. The molecule has 7 nitrogen and oxygen atoms in total. The minimum atomic E-state index is -5.20. The van der Waals surface area contributed by atoms with Gasteiger partial charge in [-0.15, -0.1) is 0 Å². The summed E-state index contributed by atoms with van der Waals surface area (Å²) in [6.07, 6.45) is -4.27. The molecule has 0 bridgehead atoms. The Morgan fingerprint density at radius 1 is 1.30 bits per heavy atom. The third-order valence-corrected chi connectivity index (χ3v) is 7.30. The molecule has 0 saturated carbocycles. The van der Waals surface area contributed by atoms with E-state index in [-0.39, 0.29) is 12.1 Å². The van der Waals surface area contributed by atoms with Gasteiger partial charge in [0.05, 0.1) is 28.0 Å². The van der Waals surface area contributed by atoms with Crippen LogP contribution in [0.4, 0.5) is 13.2 Å². The topological polar surface area (TPSA) is 106 Å². The predicted molar refractivity (Wildman–Crippen MR) is 99.3 cm³/mol. The number of aryl methyl sites for hydroxylation is 2. The molecule has 0 spiro atoms. The second-order valence-electron chi connectivity index (χ2n) is 7.82. The van der Waals surface area contributed by atoms with Gasteiger partial charge in [-0.3, -0.25) is 9.59 Å². The molecule has 162 valence electrons. The summed E-state index contributed by atoms with van der Waals surface area (Å²) in [6, 6.07) is 0.801. The first kappa shape index (κ1) is 22.0. The minimum Gasteiger partial charge on any atom is -0.493 e. The molecular weight excluding hydrogens is 425 g/mol. The number of aromatic hydroxyl groups is 1. The van der Waals surface area contributed by atoms with E-state index in [1.807, 2.05) is 0 Å². The molecule has 1 aliphatic heterocycles. The van der Waals surface area contributed by atoms with Crippen LogP contribution in [0.1, 0.15) is 58.2 Å². The highest BCUT2D eigenvalue weighted by molar-refractivity contribution is 7.91. The second-order valence-corrected chi connectivity index (χ2v) is 9.74. The van der Waals surface area contributed by atoms with Crippen LogP contribution in [0.5, 0.6) is 5.88 Å². The maximum atomic E-state index is 14.1. The average molecular weight is 444 g/mol. The van der Waals surface area contributed by atoms with Crippen molar-refractivity contribution in [3.8, 4) is 5.88 Å². The number of sulfone groups is 1. The molecule has 1 aromatic carbocycles. The third kappa shape index (κ3) is 3.21. The zero-order chi connectivity index (χ0) is 22.8. The van der Waals surface area contributed by atoms with Gasteiger partial charge in [0, 0.05) is 17.5 Å². The Morgan fingerprint density at radius 2 is 1.90 bits per heavy atom. The second kappa shape index (κ2) is 6.66. The largest absolute Gasteiger partial charge is 0.493 e. The first-order valence-corrected chi connectivity index (χ1v) is 10.6. The van der Waals surface area contributed by atoms with Crippen molar-refractivity contribution in [1.29, 1.82) is 0 Å². The molecule has 0 unspecified atom stereocenters. The summed E-state index contributed by atoms with van der Waals surface area (Å²) < 4.78 is 68.8.